The second-order valence-electron chi connectivity index (χ2n) is 6.07. The zero-order chi connectivity index (χ0) is 17.8. The molecule has 25 heavy (non-hydrogen) atoms. The molecule has 2 aromatic carbocycles. The monoisotopic (exact) mass is 382 g/mol. The Morgan fingerprint density at radius 3 is 2.40 bits per heavy atom. The summed E-state index contributed by atoms with van der Waals surface area (Å²) < 4.78 is 13.0. The molecule has 3 rings (SSSR count). The second-order valence-corrected chi connectivity index (χ2v) is 6.88. The van der Waals surface area contributed by atoms with Crippen molar-refractivity contribution in [3.63, 3.8) is 0 Å². The van der Waals surface area contributed by atoms with Crippen LogP contribution in [0, 0.1) is 5.82 Å². The molecule has 1 aliphatic heterocycles. The van der Waals surface area contributed by atoms with Gasteiger partial charge in [-0.05, 0) is 42.5 Å². The molecule has 1 aliphatic rings. The van der Waals surface area contributed by atoms with Crippen molar-refractivity contribution in [2.45, 2.75) is 0 Å². The number of rotatable bonds is 4. The first kappa shape index (κ1) is 18.0. The van der Waals surface area contributed by atoms with Gasteiger partial charge in [-0.1, -0.05) is 23.2 Å². The number of quaternary nitrogens is 1. The summed E-state index contributed by atoms with van der Waals surface area (Å²) in [6.45, 7) is 3.78. The number of halogens is 3. The van der Waals surface area contributed by atoms with Gasteiger partial charge < -0.3 is 15.1 Å². The van der Waals surface area contributed by atoms with Crippen LogP contribution in [0.15, 0.2) is 42.5 Å². The largest absolute Gasteiger partial charge is 0.360 e. The molecule has 0 aliphatic carbocycles. The van der Waals surface area contributed by atoms with Crippen molar-refractivity contribution in [2.24, 2.45) is 0 Å². The molecule has 1 fully saturated rings. The van der Waals surface area contributed by atoms with E-state index in [1.54, 1.807) is 30.3 Å². The van der Waals surface area contributed by atoms with E-state index in [1.807, 2.05) is 0 Å². The maximum Gasteiger partial charge on any atom is 0.279 e. The third-order valence-electron chi connectivity index (χ3n) is 4.28. The fourth-order valence-corrected chi connectivity index (χ4v) is 3.21. The van der Waals surface area contributed by atoms with Gasteiger partial charge in [-0.3, -0.25) is 4.79 Å². The predicted octanol–water partition coefficient (Wildman–Crippen LogP) is 2.48. The van der Waals surface area contributed by atoms with Crippen LogP contribution in [-0.4, -0.2) is 38.6 Å². The van der Waals surface area contributed by atoms with Gasteiger partial charge in [0.05, 0.1) is 36.2 Å². The van der Waals surface area contributed by atoms with Crippen LogP contribution in [0.5, 0.6) is 0 Å². The molecule has 2 N–H and O–H groups in total. The zero-order valence-electron chi connectivity index (χ0n) is 13.6. The van der Waals surface area contributed by atoms with Crippen molar-refractivity contribution < 1.29 is 14.1 Å². The molecule has 1 amide bonds. The topological polar surface area (TPSA) is 36.8 Å². The normalized spacial score (nSPS) is 15.2. The fraction of sp³-hybridized carbons (Fsp3) is 0.278. The lowest BCUT2D eigenvalue weighted by Crippen LogP contribution is -3.15. The van der Waals surface area contributed by atoms with Crippen LogP contribution in [0.4, 0.5) is 15.8 Å². The Hall–Kier alpha value is -1.82. The van der Waals surface area contributed by atoms with Crippen molar-refractivity contribution in [3.05, 3.63) is 58.3 Å². The molecule has 4 nitrogen and oxygen atoms in total. The lowest BCUT2D eigenvalue weighted by molar-refractivity contribution is -0.892. The maximum atomic E-state index is 13.0. The number of nitrogens with zero attached hydrogens (tertiary/aromatic N) is 1. The van der Waals surface area contributed by atoms with E-state index in [2.05, 4.69) is 10.2 Å². The fourth-order valence-electron chi connectivity index (χ4n) is 2.92. The molecule has 0 unspecified atom stereocenters. The van der Waals surface area contributed by atoms with Crippen LogP contribution in [0.25, 0.3) is 0 Å². The van der Waals surface area contributed by atoms with Gasteiger partial charge in [0.2, 0.25) is 0 Å². The third-order valence-corrected chi connectivity index (χ3v) is 5.02. The van der Waals surface area contributed by atoms with Gasteiger partial charge in [-0.25, -0.2) is 4.39 Å². The van der Waals surface area contributed by atoms with E-state index >= 15 is 0 Å². The first-order valence-corrected chi connectivity index (χ1v) is 8.86. The quantitative estimate of drug-likeness (QED) is 0.851. The Labute approximate surface area is 156 Å². The molecule has 0 spiro atoms. The van der Waals surface area contributed by atoms with Gasteiger partial charge in [0.15, 0.2) is 6.54 Å². The Kier molecular flexibility index (Phi) is 5.78. The zero-order valence-corrected chi connectivity index (χ0v) is 15.1. The maximum absolute atomic E-state index is 13.0. The van der Waals surface area contributed by atoms with Crippen molar-refractivity contribution >= 4 is 40.5 Å². The average Bonchev–Trinajstić information content (AvgIpc) is 2.60. The number of carbonyl (C=O) groups excluding carboxylic acids is 1. The molecule has 1 heterocycles. The summed E-state index contributed by atoms with van der Waals surface area (Å²) in [4.78, 5) is 15.6. The Balaban J connectivity index is 1.49. The second kappa shape index (κ2) is 8.04. The lowest BCUT2D eigenvalue weighted by Gasteiger charge is -2.33. The standard InChI is InChI=1S/C18H18Cl2FN3O/c19-16-6-3-14(11-17(16)20)22-18(25)12-23-7-9-24(10-8-23)15-4-1-13(21)2-5-15/h1-6,11H,7-10,12H2,(H,22,25)/p+1. The SMILES string of the molecule is O=C(C[NH+]1CCN(c2ccc(F)cc2)CC1)Nc1ccc(Cl)c(Cl)c1. The molecular formula is C18H19Cl2FN3O+. The van der Waals surface area contributed by atoms with Crippen LogP contribution >= 0.6 is 23.2 Å². The van der Waals surface area contributed by atoms with E-state index in [9.17, 15) is 9.18 Å². The van der Waals surface area contributed by atoms with E-state index in [0.29, 0.717) is 22.3 Å². The highest BCUT2D eigenvalue weighted by Gasteiger charge is 2.22. The van der Waals surface area contributed by atoms with Crippen LogP contribution in [-0.2, 0) is 4.79 Å². The minimum absolute atomic E-state index is 0.0522. The van der Waals surface area contributed by atoms with Crippen LogP contribution in [0.3, 0.4) is 0 Å². The number of piperazine rings is 1. The van der Waals surface area contributed by atoms with Gasteiger partial charge in [0.1, 0.15) is 5.82 Å². The molecule has 0 atom stereocenters. The Morgan fingerprint density at radius 1 is 1.08 bits per heavy atom. The van der Waals surface area contributed by atoms with Crippen molar-refractivity contribution in [1.82, 2.24) is 0 Å². The number of carbonyl (C=O) groups is 1. The average molecular weight is 383 g/mol. The van der Waals surface area contributed by atoms with E-state index in [4.69, 9.17) is 23.2 Å². The van der Waals surface area contributed by atoms with E-state index in [1.165, 1.54) is 17.0 Å². The number of benzene rings is 2. The van der Waals surface area contributed by atoms with Gasteiger partial charge in [0, 0.05) is 11.4 Å². The molecule has 7 heteroatoms. The van der Waals surface area contributed by atoms with Gasteiger partial charge in [-0.2, -0.15) is 0 Å². The summed E-state index contributed by atoms with van der Waals surface area (Å²) in [7, 11) is 0. The van der Waals surface area contributed by atoms with Crippen LogP contribution < -0.4 is 15.1 Å². The number of nitrogens with one attached hydrogen (secondary N) is 2. The van der Waals surface area contributed by atoms with Crippen LogP contribution in [0.2, 0.25) is 10.0 Å². The summed E-state index contributed by atoms with van der Waals surface area (Å²) in [5, 5.41) is 3.73. The first-order chi connectivity index (χ1) is 12.0. The number of anilines is 2. The smallest absolute Gasteiger partial charge is 0.279 e. The van der Waals surface area contributed by atoms with E-state index in [0.717, 1.165) is 31.9 Å². The molecule has 132 valence electrons. The molecule has 2 aromatic rings. The van der Waals surface area contributed by atoms with E-state index in [-0.39, 0.29) is 11.7 Å². The van der Waals surface area contributed by atoms with E-state index < -0.39 is 0 Å². The molecule has 0 radical (unpaired) electrons. The summed E-state index contributed by atoms with van der Waals surface area (Å²) in [5.74, 6) is -0.282. The first-order valence-electron chi connectivity index (χ1n) is 8.10. The third kappa shape index (κ3) is 4.84. The number of hydrogen-bond donors (Lipinski definition) is 2. The van der Waals surface area contributed by atoms with Crippen molar-refractivity contribution in [3.8, 4) is 0 Å². The Morgan fingerprint density at radius 2 is 1.76 bits per heavy atom. The Bertz CT molecular complexity index is 746. The summed E-state index contributed by atoms with van der Waals surface area (Å²) in [6.07, 6.45) is 0. The van der Waals surface area contributed by atoms with Gasteiger partial charge in [-0.15, -0.1) is 0 Å². The highest BCUT2D eigenvalue weighted by Crippen LogP contribution is 2.24. The van der Waals surface area contributed by atoms with Crippen molar-refractivity contribution in [2.75, 3.05) is 42.9 Å². The molecule has 1 saturated heterocycles. The molecule has 0 saturated carbocycles. The molecular weight excluding hydrogens is 364 g/mol. The highest BCUT2D eigenvalue weighted by molar-refractivity contribution is 6.42. The van der Waals surface area contributed by atoms with Gasteiger partial charge >= 0.3 is 0 Å². The highest BCUT2D eigenvalue weighted by atomic mass is 35.5. The predicted molar refractivity (Wildman–Crippen MR) is 99.3 cm³/mol. The van der Waals surface area contributed by atoms with Crippen molar-refractivity contribution in [1.29, 1.82) is 0 Å². The summed E-state index contributed by atoms with van der Waals surface area (Å²) in [6, 6.07) is 11.6. The number of amides is 1. The number of hydrogen-bond acceptors (Lipinski definition) is 2. The lowest BCUT2D eigenvalue weighted by atomic mass is 10.2. The van der Waals surface area contributed by atoms with Gasteiger partial charge in [0.25, 0.3) is 5.91 Å². The summed E-state index contributed by atoms with van der Waals surface area (Å²) in [5.41, 5.74) is 1.66. The molecule has 0 aromatic heterocycles. The minimum atomic E-state index is -0.230. The van der Waals surface area contributed by atoms with Crippen LogP contribution in [0.1, 0.15) is 0 Å². The summed E-state index contributed by atoms with van der Waals surface area (Å²) >= 11 is 11.8. The molecule has 0 bridgehead atoms. The minimum Gasteiger partial charge on any atom is -0.360 e.